The number of nitrogens with one attached hydrogen (secondary N) is 1. The minimum absolute atomic E-state index is 0.0545. The predicted octanol–water partition coefficient (Wildman–Crippen LogP) is 2.71. The highest BCUT2D eigenvalue weighted by molar-refractivity contribution is 5.76. The van der Waals surface area contributed by atoms with Gasteiger partial charge in [-0.15, -0.1) is 0 Å². The molecule has 0 aromatic rings. The quantitative estimate of drug-likeness (QED) is 0.266. The molecular weight excluding hydrogens is 397 g/mol. The molecule has 0 aromatic carbocycles. The summed E-state index contributed by atoms with van der Waals surface area (Å²) >= 11 is 0. The van der Waals surface area contributed by atoms with Crippen molar-refractivity contribution in [2.24, 2.45) is 5.84 Å². The van der Waals surface area contributed by atoms with Crippen molar-refractivity contribution in [2.45, 2.75) is 45.6 Å². The molecule has 0 aromatic heterocycles. The van der Waals surface area contributed by atoms with Gasteiger partial charge in [0.1, 0.15) is 11.9 Å². The van der Waals surface area contributed by atoms with Crippen LogP contribution in [0.4, 0.5) is 4.39 Å². The molecule has 1 amide bonds. The van der Waals surface area contributed by atoms with E-state index in [4.69, 9.17) is 10.6 Å². The number of hydrogen-bond donors (Lipinski definition) is 2. The maximum Gasteiger partial charge on any atom is 0.222 e. The number of amides is 1. The van der Waals surface area contributed by atoms with Crippen LogP contribution in [0.5, 0.6) is 0 Å². The van der Waals surface area contributed by atoms with Crippen LogP contribution in [0.3, 0.4) is 0 Å². The van der Waals surface area contributed by atoms with Gasteiger partial charge in [-0.05, 0) is 44.8 Å². The number of carbonyl (C=O) groups is 1. The Kier molecular flexibility index (Phi) is 10.4. The van der Waals surface area contributed by atoms with Crippen LogP contribution in [-0.2, 0) is 9.53 Å². The molecule has 0 aliphatic carbocycles. The molecule has 0 spiro atoms. The van der Waals surface area contributed by atoms with E-state index in [1.54, 1.807) is 6.92 Å². The number of hydrazine groups is 1. The fourth-order valence-corrected chi connectivity index (χ4v) is 3.85. The standard InChI is InChI=1S/C23H34FN5O2/c1-3-19(27-26)7-5-6-8-23(30)29-12-10-28(11-13-29)17-20-15-18(9-14-31-20)21(16-25)22(24)4-2/h3-5,7,20,27H,6,8-15,17,26H2,1-2H3/b7-5-,19-3+,21-18-,22-4+. The molecular formula is C23H34FN5O2. The van der Waals surface area contributed by atoms with Gasteiger partial charge in [0.2, 0.25) is 5.91 Å². The zero-order chi connectivity index (χ0) is 22.6. The van der Waals surface area contributed by atoms with E-state index in [0.717, 1.165) is 30.9 Å². The van der Waals surface area contributed by atoms with E-state index in [1.165, 1.54) is 6.08 Å². The number of hydrogen-bond acceptors (Lipinski definition) is 6. The molecule has 2 fully saturated rings. The average Bonchev–Trinajstić information content (AvgIpc) is 2.80. The van der Waals surface area contributed by atoms with Gasteiger partial charge < -0.3 is 15.1 Å². The molecule has 2 saturated heterocycles. The summed E-state index contributed by atoms with van der Waals surface area (Å²) in [6.07, 6.45) is 9.27. The predicted molar refractivity (Wildman–Crippen MR) is 119 cm³/mol. The van der Waals surface area contributed by atoms with Crippen LogP contribution in [0.15, 0.2) is 47.0 Å². The molecule has 31 heavy (non-hydrogen) atoms. The van der Waals surface area contributed by atoms with Crippen molar-refractivity contribution >= 4 is 5.91 Å². The van der Waals surface area contributed by atoms with Crippen LogP contribution < -0.4 is 11.3 Å². The third-order valence-electron chi connectivity index (χ3n) is 5.68. The van der Waals surface area contributed by atoms with Gasteiger partial charge in [-0.2, -0.15) is 5.26 Å². The number of piperazine rings is 1. The van der Waals surface area contributed by atoms with E-state index in [-0.39, 0.29) is 17.6 Å². The van der Waals surface area contributed by atoms with E-state index in [1.807, 2.05) is 36.1 Å². The SMILES string of the molecule is C/C=C(\C=C/CCC(=O)N1CCN(CC2C/C(=C(C#N)\C(F)=C/C)CCO2)CC1)NN. The van der Waals surface area contributed by atoms with Crippen LogP contribution in [0.2, 0.25) is 0 Å². The number of halogens is 1. The molecule has 1 atom stereocenters. The van der Waals surface area contributed by atoms with E-state index in [0.29, 0.717) is 45.4 Å². The molecule has 0 bridgehead atoms. The second-order valence-corrected chi connectivity index (χ2v) is 7.68. The molecule has 3 N–H and O–H groups in total. The normalized spacial score (nSPS) is 23.1. The van der Waals surface area contributed by atoms with Gasteiger partial charge in [-0.1, -0.05) is 18.2 Å². The van der Waals surface area contributed by atoms with Gasteiger partial charge in [0.25, 0.3) is 0 Å². The smallest absolute Gasteiger partial charge is 0.222 e. The van der Waals surface area contributed by atoms with E-state index in [9.17, 15) is 14.4 Å². The minimum atomic E-state index is -0.457. The lowest BCUT2D eigenvalue weighted by Crippen LogP contribution is -2.51. The Hall–Kier alpha value is -2.47. The van der Waals surface area contributed by atoms with Gasteiger partial charge in [0.15, 0.2) is 0 Å². The summed E-state index contributed by atoms with van der Waals surface area (Å²) in [7, 11) is 0. The largest absolute Gasteiger partial charge is 0.376 e. The van der Waals surface area contributed by atoms with E-state index < -0.39 is 5.83 Å². The number of carbonyl (C=O) groups excluding carboxylic acids is 1. The van der Waals surface area contributed by atoms with Crippen LogP contribution in [0.25, 0.3) is 0 Å². The van der Waals surface area contributed by atoms with Crippen LogP contribution in [0, 0.1) is 11.3 Å². The lowest BCUT2D eigenvalue weighted by Gasteiger charge is -2.37. The highest BCUT2D eigenvalue weighted by atomic mass is 19.1. The van der Waals surface area contributed by atoms with Gasteiger partial charge in [0.05, 0.1) is 18.3 Å². The molecule has 8 heteroatoms. The number of rotatable bonds is 8. The zero-order valence-corrected chi connectivity index (χ0v) is 18.6. The molecule has 2 aliphatic heterocycles. The van der Waals surface area contributed by atoms with Crippen LogP contribution >= 0.6 is 0 Å². The third-order valence-corrected chi connectivity index (χ3v) is 5.68. The topological polar surface area (TPSA) is 94.6 Å². The fourth-order valence-electron chi connectivity index (χ4n) is 3.85. The zero-order valence-electron chi connectivity index (χ0n) is 18.6. The molecule has 2 heterocycles. The monoisotopic (exact) mass is 431 g/mol. The highest BCUT2D eigenvalue weighted by Crippen LogP contribution is 2.27. The summed E-state index contributed by atoms with van der Waals surface area (Å²) in [6.45, 7) is 7.67. The molecule has 170 valence electrons. The average molecular weight is 432 g/mol. The van der Waals surface area contributed by atoms with E-state index in [2.05, 4.69) is 10.3 Å². The van der Waals surface area contributed by atoms with Crippen LogP contribution in [0.1, 0.15) is 39.5 Å². The van der Waals surface area contributed by atoms with Gasteiger partial charge >= 0.3 is 0 Å². The van der Waals surface area contributed by atoms with Gasteiger partial charge in [-0.3, -0.25) is 15.5 Å². The molecule has 0 radical (unpaired) electrons. The highest BCUT2D eigenvalue weighted by Gasteiger charge is 2.26. The summed E-state index contributed by atoms with van der Waals surface area (Å²) in [6, 6.07) is 2.00. The Bertz CT molecular complexity index is 773. The first-order valence-electron chi connectivity index (χ1n) is 10.9. The summed E-state index contributed by atoms with van der Waals surface area (Å²) in [5.74, 6) is 5.08. The lowest BCUT2D eigenvalue weighted by atomic mass is 9.96. The van der Waals surface area contributed by atoms with Gasteiger partial charge in [0, 0.05) is 44.8 Å². The Morgan fingerprint density at radius 1 is 1.32 bits per heavy atom. The van der Waals surface area contributed by atoms with Gasteiger partial charge in [-0.25, -0.2) is 4.39 Å². The Labute approximate surface area is 184 Å². The summed E-state index contributed by atoms with van der Waals surface area (Å²) < 4.78 is 19.8. The van der Waals surface area contributed by atoms with Crippen LogP contribution in [-0.4, -0.2) is 61.1 Å². The number of nitriles is 1. The molecule has 1 unspecified atom stereocenters. The number of allylic oxidation sites excluding steroid dienone is 6. The first-order chi connectivity index (χ1) is 15.0. The molecule has 2 rings (SSSR count). The van der Waals surface area contributed by atoms with Crippen molar-refractivity contribution in [3.8, 4) is 6.07 Å². The number of ether oxygens (including phenoxy) is 1. The Morgan fingerprint density at radius 2 is 2.06 bits per heavy atom. The van der Waals surface area contributed by atoms with Crippen molar-refractivity contribution in [2.75, 3.05) is 39.3 Å². The fraction of sp³-hybridized carbons (Fsp3) is 0.565. The maximum absolute atomic E-state index is 13.9. The van der Waals surface area contributed by atoms with Crippen molar-refractivity contribution < 1.29 is 13.9 Å². The Balaban J connectivity index is 1.78. The van der Waals surface area contributed by atoms with E-state index >= 15 is 0 Å². The number of nitrogens with zero attached hydrogens (tertiary/aromatic N) is 3. The van der Waals surface area contributed by atoms with Crippen molar-refractivity contribution in [3.63, 3.8) is 0 Å². The molecule has 7 nitrogen and oxygen atoms in total. The van der Waals surface area contributed by atoms with Crippen molar-refractivity contribution in [3.05, 3.63) is 47.0 Å². The minimum Gasteiger partial charge on any atom is -0.376 e. The van der Waals surface area contributed by atoms with Crippen molar-refractivity contribution in [1.82, 2.24) is 15.2 Å². The molecule has 0 saturated carbocycles. The second kappa shape index (κ2) is 13.1. The molecule has 2 aliphatic rings. The first-order valence-corrected chi connectivity index (χ1v) is 10.9. The summed E-state index contributed by atoms with van der Waals surface area (Å²) in [4.78, 5) is 16.6. The third kappa shape index (κ3) is 7.62. The summed E-state index contributed by atoms with van der Waals surface area (Å²) in [5, 5.41) is 9.31. The summed E-state index contributed by atoms with van der Waals surface area (Å²) in [5.41, 5.74) is 4.40. The second-order valence-electron chi connectivity index (χ2n) is 7.68. The maximum atomic E-state index is 13.9. The number of nitrogens with two attached hydrogens (primary N) is 1. The van der Waals surface area contributed by atoms with Crippen molar-refractivity contribution in [1.29, 1.82) is 5.26 Å². The Morgan fingerprint density at radius 3 is 2.68 bits per heavy atom. The first kappa shape index (κ1) is 24.8. The lowest BCUT2D eigenvalue weighted by molar-refractivity contribution is -0.133.